The summed E-state index contributed by atoms with van der Waals surface area (Å²) in [5.74, 6) is 0.920. The van der Waals surface area contributed by atoms with Gasteiger partial charge in [-0.1, -0.05) is 78.9 Å². The topological polar surface area (TPSA) is 13.1 Å². The first-order valence-electron chi connectivity index (χ1n) is 10.6. The minimum atomic E-state index is 0.920. The van der Waals surface area contributed by atoms with Crippen molar-refractivity contribution in [1.29, 1.82) is 0 Å². The van der Waals surface area contributed by atoms with E-state index in [1.54, 1.807) is 0 Å². The average Bonchev–Trinajstić information content (AvgIpc) is 3.27. The van der Waals surface area contributed by atoms with Crippen LogP contribution in [0.25, 0.3) is 65.7 Å². The number of hydrogen-bond donors (Lipinski definition) is 0. The Morgan fingerprint density at radius 3 is 2.00 bits per heavy atom. The number of rotatable bonds is 2. The molecule has 7 rings (SSSR count). The van der Waals surface area contributed by atoms with Crippen molar-refractivity contribution < 1.29 is 4.42 Å². The Bertz CT molecular complexity index is 1670. The van der Waals surface area contributed by atoms with Crippen LogP contribution in [0.1, 0.15) is 0 Å². The molecule has 0 fully saturated rings. The Morgan fingerprint density at radius 2 is 1.16 bits per heavy atom. The molecule has 0 aliphatic carbocycles. The molecule has 1 aromatic heterocycles. The number of fused-ring (bicyclic) bond motifs is 1. The highest BCUT2D eigenvalue weighted by Crippen LogP contribution is 2.41. The summed E-state index contributed by atoms with van der Waals surface area (Å²) in [6.07, 6.45) is 0. The molecular weight excluding hydrogens is 376 g/mol. The fourth-order valence-corrected chi connectivity index (χ4v) is 4.95. The van der Waals surface area contributed by atoms with Crippen LogP contribution in [0.2, 0.25) is 0 Å². The van der Waals surface area contributed by atoms with Crippen molar-refractivity contribution in [2.24, 2.45) is 0 Å². The summed E-state index contributed by atoms with van der Waals surface area (Å²) in [6.45, 7) is 0. The number of benzene rings is 6. The molecule has 6 aromatic carbocycles. The molecule has 144 valence electrons. The van der Waals surface area contributed by atoms with Crippen molar-refractivity contribution in [3.05, 3.63) is 109 Å². The van der Waals surface area contributed by atoms with Crippen LogP contribution < -0.4 is 0 Å². The summed E-state index contributed by atoms with van der Waals surface area (Å²) in [6, 6.07) is 39.0. The SMILES string of the molecule is c1ccc(-c2cc3ccc4ccc(-c5cc6ccccc6o5)c5ccc(c2)c3c45)cc1. The van der Waals surface area contributed by atoms with Crippen LogP contribution >= 0.6 is 0 Å². The molecule has 0 radical (unpaired) electrons. The first kappa shape index (κ1) is 16.7. The molecule has 0 aliphatic heterocycles. The van der Waals surface area contributed by atoms with Crippen molar-refractivity contribution in [2.45, 2.75) is 0 Å². The quantitative estimate of drug-likeness (QED) is 0.267. The highest BCUT2D eigenvalue weighted by atomic mass is 16.3. The van der Waals surface area contributed by atoms with Gasteiger partial charge in [-0.3, -0.25) is 0 Å². The minimum Gasteiger partial charge on any atom is -0.456 e. The van der Waals surface area contributed by atoms with Crippen molar-refractivity contribution >= 4 is 43.3 Å². The van der Waals surface area contributed by atoms with Gasteiger partial charge in [-0.25, -0.2) is 0 Å². The molecule has 0 amide bonds. The van der Waals surface area contributed by atoms with Gasteiger partial charge >= 0.3 is 0 Å². The van der Waals surface area contributed by atoms with Crippen LogP contribution in [-0.4, -0.2) is 0 Å². The maximum absolute atomic E-state index is 6.22. The summed E-state index contributed by atoms with van der Waals surface area (Å²) < 4.78 is 6.22. The Labute approximate surface area is 179 Å². The fourth-order valence-electron chi connectivity index (χ4n) is 4.95. The van der Waals surface area contributed by atoms with E-state index in [0.717, 1.165) is 22.3 Å². The van der Waals surface area contributed by atoms with Gasteiger partial charge in [0, 0.05) is 10.9 Å². The van der Waals surface area contributed by atoms with Crippen molar-refractivity contribution in [1.82, 2.24) is 0 Å². The van der Waals surface area contributed by atoms with E-state index in [-0.39, 0.29) is 0 Å². The summed E-state index contributed by atoms with van der Waals surface area (Å²) in [4.78, 5) is 0. The van der Waals surface area contributed by atoms with E-state index in [1.807, 2.05) is 12.1 Å². The van der Waals surface area contributed by atoms with Gasteiger partial charge in [0.1, 0.15) is 11.3 Å². The monoisotopic (exact) mass is 394 g/mol. The maximum Gasteiger partial charge on any atom is 0.136 e. The lowest BCUT2D eigenvalue weighted by molar-refractivity contribution is 0.632. The maximum atomic E-state index is 6.22. The van der Waals surface area contributed by atoms with Gasteiger partial charge in [0.25, 0.3) is 0 Å². The van der Waals surface area contributed by atoms with E-state index in [4.69, 9.17) is 4.42 Å². The lowest BCUT2D eigenvalue weighted by atomic mass is 9.89. The molecule has 0 bridgehead atoms. The Balaban J connectivity index is 1.54. The van der Waals surface area contributed by atoms with E-state index >= 15 is 0 Å². The third kappa shape index (κ3) is 2.44. The molecule has 7 aromatic rings. The minimum absolute atomic E-state index is 0.920. The van der Waals surface area contributed by atoms with Gasteiger partial charge in [0.15, 0.2) is 0 Å². The molecule has 31 heavy (non-hydrogen) atoms. The van der Waals surface area contributed by atoms with E-state index < -0.39 is 0 Å². The summed E-state index contributed by atoms with van der Waals surface area (Å²) in [5, 5.41) is 8.82. The Morgan fingerprint density at radius 1 is 0.452 bits per heavy atom. The lowest BCUT2D eigenvalue weighted by Gasteiger charge is -2.14. The average molecular weight is 394 g/mol. The molecule has 0 atom stereocenters. The number of hydrogen-bond acceptors (Lipinski definition) is 1. The molecule has 0 unspecified atom stereocenters. The Kier molecular flexibility index (Phi) is 3.33. The zero-order chi connectivity index (χ0) is 20.4. The molecule has 0 N–H and O–H groups in total. The molecule has 0 saturated carbocycles. The largest absolute Gasteiger partial charge is 0.456 e. The molecular formula is C30H18O. The van der Waals surface area contributed by atoms with Crippen LogP contribution in [0.4, 0.5) is 0 Å². The summed E-state index contributed by atoms with van der Waals surface area (Å²) in [7, 11) is 0. The van der Waals surface area contributed by atoms with Crippen molar-refractivity contribution in [2.75, 3.05) is 0 Å². The smallest absolute Gasteiger partial charge is 0.136 e. The Hall–Kier alpha value is -4.10. The van der Waals surface area contributed by atoms with Gasteiger partial charge in [0.2, 0.25) is 0 Å². The van der Waals surface area contributed by atoms with Crippen LogP contribution in [0, 0.1) is 0 Å². The fraction of sp³-hybridized carbons (Fsp3) is 0. The van der Waals surface area contributed by atoms with Crippen LogP contribution in [0.5, 0.6) is 0 Å². The highest BCUT2D eigenvalue weighted by Gasteiger charge is 2.15. The lowest BCUT2D eigenvalue weighted by Crippen LogP contribution is -1.88. The zero-order valence-electron chi connectivity index (χ0n) is 16.8. The molecule has 0 aliphatic rings. The van der Waals surface area contributed by atoms with Crippen molar-refractivity contribution in [3.8, 4) is 22.5 Å². The predicted octanol–water partition coefficient (Wildman–Crippen LogP) is 8.66. The zero-order valence-corrected chi connectivity index (χ0v) is 16.8. The van der Waals surface area contributed by atoms with Crippen LogP contribution in [0.3, 0.4) is 0 Å². The van der Waals surface area contributed by atoms with Crippen LogP contribution in [0.15, 0.2) is 114 Å². The van der Waals surface area contributed by atoms with E-state index in [1.165, 1.54) is 43.4 Å². The molecule has 1 heteroatoms. The second-order valence-corrected chi connectivity index (χ2v) is 8.20. The molecule has 1 nitrogen and oxygen atoms in total. The first-order valence-corrected chi connectivity index (χ1v) is 10.6. The second-order valence-electron chi connectivity index (χ2n) is 8.20. The molecule has 0 spiro atoms. The van der Waals surface area contributed by atoms with E-state index in [9.17, 15) is 0 Å². The van der Waals surface area contributed by atoms with E-state index in [2.05, 4.69) is 97.1 Å². The normalized spacial score (nSPS) is 11.9. The summed E-state index contributed by atoms with van der Waals surface area (Å²) >= 11 is 0. The highest BCUT2D eigenvalue weighted by molar-refractivity contribution is 6.26. The number of para-hydroxylation sites is 1. The van der Waals surface area contributed by atoms with Crippen LogP contribution in [-0.2, 0) is 0 Å². The third-order valence-electron chi connectivity index (χ3n) is 6.40. The molecule has 0 saturated heterocycles. The van der Waals surface area contributed by atoms with Gasteiger partial charge in [-0.2, -0.15) is 0 Å². The van der Waals surface area contributed by atoms with Gasteiger partial charge < -0.3 is 4.42 Å². The van der Waals surface area contributed by atoms with Gasteiger partial charge in [-0.05, 0) is 73.8 Å². The van der Waals surface area contributed by atoms with Gasteiger partial charge in [-0.15, -0.1) is 0 Å². The van der Waals surface area contributed by atoms with E-state index in [0.29, 0.717) is 0 Å². The number of furan rings is 1. The third-order valence-corrected chi connectivity index (χ3v) is 6.40. The second kappa shape index (κ2) is 6.20. The predicted molar refractivity (Wildman–Crippen MR) is 131 cm³/mol. The van der Waals surface area contributed by atoms with Gasteiger partial charge in [0.05, 0.1) is 0 Å². The molecule has 1 heterocycles. The van der Waals surface area contributed by atoms with Crippen molar-refractivity contribution in [3.63, 3.8) is 0 Å². The standard InChI is InChI=1S/C30H18O/c1-2-6-19(7-3-1)24-16-22-11-10-20-12-14-25(26-15-13-23(17-24)29(22)30(20)26)28-18-21-8-4-5-9-27(21)31-28/h1-18H. The first-order chi connectivity index (χ1) is 15.3. The summed E-state index contributed by atoms with van der Waals surface area (Å²) in [5.41, 5.74) is 4.57.